The molecular formula is C20H27N5O2. The van der Waals surface area contributed by atoms with Gasteiger partial charge in [-0.05, 0) is 49.6 Å². The molecule has 3 saturated heterocycles. The number of aromatic nitrogens is 3. The first-order valence-corrected chi connectivity index (χ1v) is 9.55. The number of carbonyl (C=O) groups excluding carboxylic acids is 1. The van der Waals surface area contributed by atoms with Crippen molar-refractivity contribution in [2.24, 2.45) is 11.8 Å². The third kappa shape index (κ3) is 3.56. The van der Waals surface area contributed by atoms with E-state index in [0.717, 1.165) is 49.5 Å². The average Bonchev–Trinajstić information content (AvgIpc) is 3.16. The second-order valence-corrected chi connectivity index (χ2v) is 7.83. The topological polar surface area (TPSA) is 63.5 Å². The Morgan fingerprint density at radius 3 is 2.70 bits per heavy atom. The van der Waals surface area contributed by atoms with Gasteiger partial charge < -0.3 is 9.64 Å². The van der Waals surface area contributed by atoms with Crippen LogP contribution in [-0.4, -0.2) is 71.0 Å². The molecule has 27 heavy (non-hydrogen) atoms. The maximum atomic E-state index is 12.4. The standard InChI is InChI=1S/C20H27N5O2/c1-23(2)20(26)18-12-24-9-8-15(18)10-16(24)11-25-13-19(21-22-25)14-4-6-17(27-3)7-5-14/h4-7,13,15-16,18H,8-12H2,1-3H3/t15-,16-,18+/m1/s1. The Bertz CT molecular complexity index is 801. The van der Waals surface area contributed by atoms with E-state index in [2.05, 4.69) is 15.2 Å². The fourth-order valence-corrected chi connectivity index (χ4v) is 4.44. The van der Waals surface area contributed by atoms with E-state index < -0.39 is 0 Å². The van der Waals surface area contributed by atoms with Crippen LogP contribution < -0.4 is 4.74 Å². The van der Waals surface area contributed by atoms with Crippen LogP contribution in [-0.2, 0) is 11.3 Å². The molecule has 4 heterocycles. The van der Waals surface area contributed by atoms with Crippen LogP contribution in [0.3, 0.4) is 0 Å². The molecule has 2 bridgehead atoms. The van der Waals surface area contributed by atoms with Crippen molar-refractivity contribution in [3.8, 4) is 17.0 Å². The molecule has 5 rings (SSSR count). The van der Waals surface area contributed by atoms with E-state index in [4.69, 9.17) is 4.74 Å². The van der Waals surface area contributed by atoms with Gasteiger partial charge >= 0.3 is 0 Å². The van der Waals surface area contributed by atoms with Crippen molar-refractivity contribution in [1.29, 1.82) is 0 Å². The highest BCUT2D eigenvalue weighted by Crippen LogP contribution is 2.37. The van der Waals surface area contributed by atoms with Gasteiger partial charge in [0.2, 0.25) is 5.91 Å². The quantitative estimate of drug-likeness (QED) is 0.804. The van der Waals surface area contributed by atoms with Gasteiger partial charge in [0.1, 0.15) is 11.4 Å². The summed E-state index contributed by atoms with van der Waals surface area (Å²) in [5.74, 6) is 1.74. The molecule has 7 heteroatoms. The molecule has 0 N–H and O–H groups in total. The molecule has 0 aliphatic carbocycles. The first kappa shape index (κ1) is 18.0. The number of hydrogen-bond acceptors (Lipinski definition) is 5. The monoisotopic (exact) mass is 369 g/mol. The molecule has 1 amide bonds. The lowest BCUT2D eigenvalue weighted by molar-refractivity contribution is -0.141. The summed E-state index contributed by atoms with van der Waals surface area (Å²) >= 11 is 0. The van der Waals surface area contributed by atoms with Crippen molar-refractivity contribution < 1.29 is 9.53 Å². The minimum Gasteiger partial charge on any atom is -0.497 e. The van der Waals surface area contributed by atoms with Gasteiger partial charge in [-0.3, -0.25) is 14.4 Å². The van der Waals surface area contributed by atoms with Gasteiger partial charge in [0, 0.05) is 32.2 Å². The summed E-state index contributed by atoms with van der Waals surface area (Å²) in [6.07, 6.45) is 4.19. The number of carbonyl (C=O) groups is 1. The van der Waals surface area contributed by atoms with Crippen LogP contribution in [0.4, 0.5) is 0 Å². The van der Waals surface area contributed by atoms with Crippen molar-refractivity contribution >= 4 is 5.91 Å². The number of amides is 1. The fourth-order valence-electron chi connectivity index (χ4n) is 4.44. The van der Waals surface area contributed by atoms with Crippen LogP contribution in [0.1, 0.15) is 12.8 Å². The van der Waals surface area contributed by atoms with Crippen LogP contribution in [0.5, 0.6) is 5.75 Å². The minimum atomic E-state index is 0.149. The first-order chi connectivity index (χ1) is 13.0. The van der Waals surface area contributed by atoms with Crippen LogP contribution in [0.25, 0.3) is 11.3 Å². The highest BCUT2D eigenvalue weighted by Gasteiger charge is 2.43. The molecule has 0 saturated carbocycles. The number of nitrogens with zero attached hydrogens (tertiary/aromatic N) is 5. The van der Waals surface area contributed by atoms with Crippen molar-refractivity contribution in [3.63, 3.8) is 0 Å². The highest BCUT2D eigenvalue weighted by atomic mass is 16.5. The van der Waals surface area contributed by atoms with Gasteiger partial charge in [-0.1, -0.05) is 5.21 Å². The number of piperidine rings is 3. The van der Waals surface area contributed by atoms with Crippen molar-refractivity contribution in [3.05, 3.63) is 30.5 Å². The molecule has 4 atom stereocenters. The number of hydrogen-bond donors (Lipinski definition) is 0. The predicted molar refractivity (Wildman–Crippen MR) is 102 cm³/mol. The molecule has 3 aliphatic rings. The van der Waals surface area contributed by atoms with Gasteiger partial charge in [0.25, 0.3) is 0 Å². The normalized spacial score (nSPS) is 26.8. The Balaban J connectivity index is 1.42. The maximum absolute atomic E-state index is 12.4. The smallest absolute Gasteiger partial charge is 0.226 e. The summed E-state index contributed by atoms with van der Waals surface area (Å²) in [5, 5.41) is 8.66. The lowest BCUT2D eigenvalue weighted by Crippen LogP contribution is -2.57. The SMILES string of the molecule is COc1ccc(-c2cn(C[C@H]3C[C@H]4CCN3C[C@@H]4C(=O)N(C)C)nn2)cc1. The molecule has 1 aromatic carbocycles. The zero-order valence-electron chi connectivity index (χ0n) is 16.2. The molecule has 0 radical (unpaired) electrons. The number of ether oxygens (including phenoxy) is 1. The minimum absolute atomic E-state index is 0.149. The van der Waals surface area contributed by atoms with Gasteiger partial charge in [-0.25, -0.2) is 0 Å². The highest BCUT2D eigenvalue weighted by molar-refractivity contribution is 5.79. The Hall–Kier alpha value is -2.41. The molecule has 3 aliphatic heterocycles. The number of benzene rings is 1. The van der Waals surface area contributed by atoms with Gasteiger partial charge in [0.05, 0.1) is 25.8 Å². The third-order valence-electron chi connectivity index (χ3n) is 5.96. The lowest BCUT2D eigenvalue weighted by Gasteiger charge is -2.49. The van der Waals surface area contributed by atoms with Gasteiger partial charge in [-0.15, -0.1) is 5.10 Å². The number of fused-ring (bicyclic) bond motifs is 3. The Morgan fingerprint density at radius 1 is 1.30 bits per heavy atom. The zero-order valence-corrected chi connectivity index (χ0v) is 16.2. The van der Waals surface area contributed by atoms with E-state index >= 15 is 0 Å². The van der Waals surface area contributed by atoms with E-state index in [0.29, 0.717) is 12.0 Å². The molecule has 0 spiro atoms. The van der Waals surface area contributed by atoms with Crippen molar-refractivity contribution in [2.45, 2.75) is 25.4 Å². The van der Waals surface area contributed by atoms with E-state index in [1.54, 1.807) is 12.0 Å². The summed E-state index contributed by atoms with van der Waals surface area (Å²) in [7, 11) is 5.37. The molecular weight excluding hydrogens is 342 g/mol. The second-order valence-electron chi connectivity index (χ2n) is 7.83. The van der Waals surface area contributed by atoms with Crippen LogP contribution in [0, 0.1) is 11.8 Å². The predicted octanol–water partition coefficient (Wildman–Crippen LogP) is 1.75. The Morgan fingerprint density at radius 2 is 2.07 bits per heavy atom. The van der Waals surface area contributed by atoms with Crippen molar-refractivity contribution in [1.82, 2.24) is 24.8 Å². The Labute approximate surface area is 159 Å². The summed E-state index contributed by atoms with van der Waals surface area (Å²) in [6.45, 7) is 2.77. The summed E-state index contributed by atoms with van der Waals surface area (Å²) in [5.41, 5.74) is 1.90. The fraction of sp³-hybridized carbons (Fsp3) is 0.550. The van der Waals surface area contributed by atoms with E-state index in [1.807, 2.05) is 49.2 Å². The van der Waals surface area contributed by atoms with Crippen LogP contribution >= 0.6 is 0 Å². The lowest BCUT2D eigenvalue weighted by atomic mass is 9.75. The molecule has 7 nitrogen and oxygen atoms in total. The molecule has 1 aromatic heterocycles. The molecule has 3 fully saturated rings. The Kier molecular flexibility index (Phi) is 4.86. The largest absolute Gasteiger partial charge is 0.497 e. The molecule has 2 aromatic rings. The molecule has 1 unspecified atom stereocenters. The second kappa shape index (κ2) is 7.31. The van der Waals surface area contributed by atoms with E-state index in [-0.39, 0.29) is 11.8 Å². The van der Waals surface area contributed by atoms with E-state index in [1.165, 1.54) is 0 Å². The maximum Gasteiger partial charge on any atom is 0.226 e. The number of methoxy groups -OCH3 is 1. The van der Waals surface area contributed by atoms with Crippen molar-refractivity contribution in [2.75, 3.05) is 34.3 Å². The summed E-state index contributed by atoms with van der Waals surface area (Å²) in [4.78, 5) is 16.6. The third-order valence-corrected chi connectivity index (χ3v) is 5.96. The molecule has 144 valence electrons. The van der Waals surface area contributed by atoms with Crippen LogP contribution in [0.2, 0.25) is 0 Å². The average molecular weight is 369 g/mol. The first-order valence-electron chi connectivity index (χ1n) is 9.55. The summed E-state index contributed by atoms with van der Waals surface area (Å²) < 4.78 is 7.14. The summed E-state index contributed by atoms with van der Waals surface area (Å²) in [6, 6.07) is 8.29. The number of rotatable bonds is 5. The van der Waals surface area contributed by atoms with Crippen LogP contribution in [0.15, 0.2) is 30.5 Å². The van der Waals surface area contributed by atoms with E-state index in [9.17, 15) is 4.79 Å². The van der Waals surface area contributed by atoms with Gasteiger partial charge in [-0.2, -0.15) is 0 Å². The zero-order chi connectivity index (χ0) is 19.0. The van der Waals surface area contributed by atoms with Gasteiger partial charge in [0.15, 0.2) is 0 Å².